The molecule has 1 fully saturated rings. The van der Waals surface area contributed by atoms with Crippen LogP contribution < -0.4 is 20.3 Å². The van der Waals surface area contributed by atoms with E-state index in [2.05, 4.69) is 10.2 Å². The fourth-order valence-electron chi connectivity index (χ4n) is 5.08. The zero-order valence-electron chi connectivity index (χ0n) is 21.5. The summed E-state index contributed by atoms with van der Waals surface area (Å²) in [4.78, 5) is 30.0. The van der Waals surface area contributed by atoms with E-state index in [1.54, 1.807) is 0 Å². The van der Waals surface area contributed by atoms with E-state index < -0.39 is 24.2 Å². The molecule has 0 unspecified atom stereocenters. The number of hydrogen-bond acceptors (Lipinski definition) is 6. The van der Waals surface area contributed by atoms with Gasteiger partial charge in [-0.1, -0.05) is 17.7 Å². The molecule has 0 atom stereocenters. The molecule has 0 saturated carbocycles. The lowest BCUT2D eigenvalue weighted by Crippen LogP contribution is -2.41. The van der Waals surface area contributed by atoms with E-state index in [4.69, 9.17) is 21.1 Å². The smallest absolute Gasteiger partial charge is 0.406 e. The van der Waals surface area contributed by atoms with Crippen LogP contribution in [0.1, 0.15) is 28.8 Å². The van der Waals surface area contributed by atoms with Gasteiger partial charge in [-0.25, -0.2) is 0 Å². The van der Waals surface area contributed by atoms with E-state index in [9.17, 15) is 22.8 Å². The van der Waals surface area contributed by atoms with Crippen molar-refractivity contribution in [3.63, 3.8) is 0 Å². The Balaban J connectivity index is 1.43. The van der Waals surface area contributed by atoms with Crippen LogP contribution in [0, 0.1) is 0 Å². The van der Waals surface area contributed by atoms with Crippen molar-refractivity contribution in [1.82, 2.24) is 14.4 Å². The van der Waals surface area contributed by atoms with Crippen LogP contribution in [-0.4, -0.2) is 66.5 Å². The van der Waals surface area contributed by atoms with Crippen LogP contribution in [0.5, 0.6) is 11.5 Å². The van der Waals surface area contributed by atoms with Gasteiger partial charge in [-0.15, -0.1) is 0 Å². The van der Waals surface area contributed by atoms with Crippen molar-refractivity contribution in [2.75, 3.05) is 39.3 Å². The monoisotopic (exact) mass is 564 g/mol. The van der Waals surface area contributed by atoms with Gasteiger partial charge in [0.2, 0.25) is 6.79 Å². The summed E-state index contributed by atoms with van der Waals surface area (Å²) in [6.45, 7) is 0.907. The van der Waals surface area contributed by atoms with Crippen LogP contribution in [0.3, 0.4) is 0 Å². The maximum atomic E-state index is 13.4. The summed E-state index contributed by atoms with van der Waals surface area (Å²) in [5.41, 5.74) is 0.0347. The van der Waals surface area contributed by atoms with Gasteiger partial charge in [0.15, 0.2) is 11.5 Å². The lowest BCUT2D eigenvalue weighted by molar-refractivity contribution is -0.140. The molecule has 2 aliphatic rings. The van der Waals surface area contributed by atoms with Gasteiger partial charge in [0.25, 0.3) is 11.5 Å². The van der Waals surface area contributed by atoms with Crippen LogP contribution >= 0.6 is 11.6 Å². The van der Waals surface area contributed by atoms with Crippen molar-refractivity contribution in [3.05, 3.63) is 62.9 Å². The summed E-state index contributed by atoms with van der Waals surface area (Å²) in [6, 6.07) is 10.1. The number of likely N-dealkylation sites (tertiary alicyclic amines) is 1. The zero-order chi connectivity index (χ0) is 27.9. The van der Waals surface area contributed by atoms with Gasteiger partial charge in [0, 0.05) is 50.2 Å². The minimum Gasteiger partial charge on any atom is -0.454 e. The first-order chi connectivity index (χ1) is 18.5. The molecular formula is C27H28ClF3N4O4. The van der Waals surface area contributed by atoms with E-state index in [1.165, 1.54) is 37.2 Å². The predicted molar refractivity (Wildman–Crippen MR) is 142 cm³/mol. The second-order valence-corrected chi connectivity index (χ2v) is 10.4. The largest absolute Gasteiger partial charge is 0.454 e. The topological polar surface area (TPSA) is 76.0 Å². The highest BCUT2D eigenvalue weighted by Crippen LogP contribution is 2.34. The minimum atomic E-state index is -4.66. The predicted octanol–water partition coefficient (Wildman–Crippen LogP) is 4.72. The van der Waals surface area contributed by atoms with E-state index in [0.29, 0.717) is 22.8 Å². The number of nitrogens with one attached hydrogen (secondary N) is 1. The SMILES string of the molecule is CN(C)C(=O)c1c(NC2CCN(Cc3ccc4c(c3)OCO4)CC2)c2cc(Cl)ccc2n(CC(F)(F)F)c1=O. The summed E-state index contributed by atoms with van der Waals surface area (Å²) in [7, 11) is 2.91. The molecule has 2 aromatic carbocycles. The van der Waals surface area contributed by atoms with E-state index in [-0.39, 0.29) is 34.6 Å². The normalized spacial score (nSPS) is 16.1. The molecule has 0 radical (unpaired) electrons. The second kappa shape index (κ2) is 10.6. The molecule has 8 nitrogen and oxygen atoms in total. The van der Waals surface area contributed by atoms with Crippen molar-refractivity contribution in [2.24, 2.45) is 0 Å². The number of nitrogens with zero attached hydrogens (tertiary/aromatic N) is 3. The van der Waals surface area contributed by atoms with Gasteiger partial charge < -0.3 is 19.7 Å². The number of amides is 1. The molecule has 39 heavy (non-hydrogen) atoms. The minimum absolute atomic E-state index is 0.0553. The van der Waals surface area contributed by atoms with Gasteiger partial charge in [-0.3, -0.25) is 19.1 Å². The highest BCUT2D eigenvalue weighted by atomic mass is 35.5. The first-order valence-electron chi connectivity index (χ1n) is 12.5. The number of ether oxygens (including phenoxy) is 2. The molecule has 1 aromatic heterocycles. The molecule has 208 valence electrons. The lowest BCUT2D eigenvalue weighted by atomic mass is 10.0. The van der Waals surface area contributed by atoms with Crippen molar-refractivity contribution in [3.8, 4) is 11.5 Å². The van der Waals surface area contributed by atoms with Crippen LogP contribution in [0.15, 0.2) is 41.2 Å². The Kier molecular flexibility index (Phi) is 7.39. The molecule has 1 saturated heterocycles. The Bertz CT molecular complexity index is 1470. The lowest BCUT2D eigenvalue weighted by Gasteiger charge is -2.33. The summed E-state index contributed by atoms with van der Waals surface area (Å²) in [5.74, 6) is 0.780. The molecule has 12 heteroatoms. The summed E-state index contributed by atoms with van der Waals surface area (Å²) >= 11 is 6.23. The molecule has 1 amide bonds. The Morgan fingerprint density at radius 1 is 1.10 bits per heavy atom. The maximum Gasteiger partial charge on any atom is 0.406 e. The summed E-state index contributed by atoms with van der Waals surface area (Å²) in [6.07, 6.45) is -3.25. The van der Waals surface area contributed by atoms with E-state index >= 15 is 0 Å². The van der Waals surface area contributed by atoms with Gasteiger partial charge in [-0.05, 0) is 48.7 Å². The number of pyridine rings is 1. The quantitative estimate of drug-likeness (QED) is 0.467. The van der Waals surface area contributed by atoms with Crippen molar-refractivity contribution < 1.29 is 27.4 Å². The third-order valence-corrected chi connectivity index (χ3v) is 7.20. The summed E-state index contributed by atoms with van der Waals surface area (Å²) < 4.78 is 51.7. The Morgan fingerprint density at radius 3 is 2.51 bits per heavy atom. The highest BCUT2D eigenvalue weighted by Gasteiger charge is 2.33. The van der Waals surface area contributed by atoms with Crippen LogP contribution in [0.4, 0.5) is 18.9 Å². The Labute approximate surface area is 227 Å². The average molecular weight is 565 g/mol. The molecule has 3 heterocycles. The van der Waals surface area contributed by atoms with Crippen molar-refractivity contribution >= 4 is 34.1 Å². The molecule has 3 aromatic rings. The number of carbonyl (C=O) groups excluding carboxylic acids is 1. The molecule has 0 bridgehead atoms. The number of carbonyl (C=O) groups is 1. The van der Waals surface area contributed by atoms with Crippen LogP contribution in [-0.2, 0) is 13.1 Å². The summed E-state index contributed by atoms with van der Waals surface area (Å²) in [5, 5.41) is 3.91. The number of piperidine rings is 1. The van der Waals surface area contributed by atoms with Gasteiger partial charge in [0.05, 0.1) is 11.2 Å². The maximum absolute atomic E-state index is 13.4. The van der Waals surface area contributed by atoms with Crippen molar-refractivity contribution in [2.45, 2.75) is 38.1 Å². The fraction of sp³-hybridized carbons (Fsp3) is 0.407. The molecule has 0 aliphatic carbocycles. The standard InChI is InChI=1S/C27H28ClF3N4O4/c1-33(2)25(36)23-24(19-12-17(28)4-5-20(19)35(26(23)37)14-27(29,30)31)32-18-7-9-34(10-8-18)13-16-3-6-21-22(11-16)39-15-38-21/h3-6,11-12,18,32H,7-10,13-15H2,1-2H3. The van der Waals surface area contributed by atoms with E-state index in [1.807, 2.05) is 18.2 Å². The number of alkyl halides is 3. The Morgan fingerprint density at radius 2 is 1.82 bits per heavy atom. The number of halogens is 4. The highest BCUT2D eigenvalue weighted by molar-refractivity contribution is 6.31. The van der Waals surface area contributed by atoms with Gasteiger partial charge >= 0.3 is 6.18 Å². The van der Waals surface area contributed by atoms with E-state index in [0.717, 1.165) is 36.7 Å². The first-order valence-corrected chi connectivity index (χ1v) is 12.9. The number of anilines is 1. The van der Waals surface area contributed by atoms with Gasteiger partial charge in [-0.2, -0.15) is 13.2 Å². The number of aromatic nitrogens is 1. The van der Waals surface area contributed by atoms with Crippen LogP contribution in [0.2, 0.25) is 5.02 Å². The number of fused-ring (bicyclic) bond motifs is 2. The molecule has 1 N–H and O–H groups in total. The molecular weight excluding hydrogens is 537 g/mol. The first kappa shape index (κ1) is 27.1. The van der Waals surface area contributed by atoms with Crippen LogP contribution in [0.25, 0.3) is 10.9 Å². The van der Waals surface area contributed by atoms with Crippen molar-refractivity contribution in [1.29, 1.82) is 0 Å². The number of benzene rings is 2. The molecule has 2 aliphatic heterocycles. The molecule has 5 rings (SSSR count). The number of rotatable bonds is 6. The third kappa shape index (κ3) is 5.79. The average Bonchev–Trinajstić information content (AvgIpc) is 3.34. The molecule has 0 spiro atoms. The number of hydrogen-bond donors (Lipinski definition) is 1. The zero-order valence-corrected chi connectivity index (χ0v) is 22.2. The Hall–Kier alpha value is -3.44. The third-order valence-electron chi connectivity index (χ3n) is 6.96. The second-order valence-electron chi connectivity index (χ2n) is 10.00. The van der Waals surface area contributed by atoms with Gasteiger partial charge in [0.1, 0.15) is 12.1 Å². The fourth-order valence-corrected chi connectivity index (χ4v) is 5.25.